The van der Waals surface area contributed by atoms with Crippen molar-refractivity contribution in [2.75, 3.05) is 12.8 Å². The van der Waals surface area contributed by atoms with E-state index in [1.54, 1.807) is 17.8 Å². The van der Waals surface area contributed by atoms with Crippen molar-refractivity contribution >= 4 is 17.6 Å². The first-order valence-corrected chi connectivity index (χ1v) is 5.75. The Hall–Kier alpha value is -2.05. The van der Waals surface area contributed by atoms with E-state index in [1.807, 2.05) is 6.92 Å². The second-order valence-corrected chi connectivity index (χ2v) is 3.75. The lowest BCUT2D eigenvalue weighted by Gasteiger charge is -2.13. The van der Waals surface area contributed by atoms with Crippen LogP contribution in [0.1, 0.15) is 30.8 Å². The molecule has 18 heavy (non-hydrogen) atoms. The van der Waals surface area contributed by atoms with Gasteiger partial charge in [-0.2, -0.15) is 5.10 Å². The molecule has 7 heteroatoms. The zero-order valence-electron chi connectivity index (χ0n) is 10.8. The standard InChI is InChI=1S/C11H18N4O3/c1-4-8(11(17)18-3)13-10(16)9-7(12)6-15(5-2)14-9/h6,8H,4-5,12H2,1-3H3,(H,13,16). The van der Waals surface area contributed by atoms with Gasteiger partial charge in [-0.15, -0.1) is 0 Å². The normalized spacial score (nSPS) is 11.9. The van der Waals surface area contributed by atoms with Gasteiger partial charge in [0.1, 0.15) is 6.04 Å². The van der Waals surface area contributed by atoms with Crippen LogP contribution in [0.4, 0.5) is 5.69 Å². The van der Waals surface area contributed by atoms with Crippen molar-refractivity contribution in [3.8, 4) is 0 Å². The summed E-state index contributed by atoms with van der Waals surface area (Å²) in [6.45, 7) is 4.28. The summed E-state index contributed by atoms with van der Waals surface area (Å²) in [6.07, 6.45) is 2.01. The number of amides is 1. The Balaban J connectivity index is 2.80. The quantitative estimate of drug-likeness (QED) is 0.729. The number of esters is 1. The summed E-state index contributed by atoms with van der Waals surface area (Å²) in [5, 5.41) is 6.57. The number of nitrogens with zero attached hydrogens (tertiary/aromatic N) is 2. The van der Waals surface area contributed by atoms with E-state index in [4.69, 9.17) is 5.73 Å². The van der Waals surface area contributed by atoms with Gasteiger partial charge in [-0.1, -0.05) is 6.92 Å². The average Bonchev–Trinajstić information content (AvgIpc) is 2.76. The first kappa shape index (κ1) is 14.0. The molecule has 0 saturated heterocycles. The van der Waals surface area contributed by atoms with Gasteiger partial charge in [0.15, 0.2) is 5.69 Å². The molecular weight excluding hydrogens is 236 g/mol. The number of aromatic nitrogens is 2. The minimum Gasteiger partial charge on any atom is -0.467 e. The van der Waals surface area contributed by atoms with Crippen LogP contribution in [0.5, 0.6) is 0 Å². The van der Waals surface area contributed by atoms with Crippen molar-refractivity contribution in [2.45, 2.75) is 32.9 Å². The molecular formula is C11H18N4O3. The lowest BCUT2D eigenvalue weighted by Crippen LogP contribution is -2.41. The van der Waals surface area contributed by atoms with E-state index in [-0.39, 0.29) is 11.4 Å². The maximum Gasteiger partial charge on any atom is 0.328 e. The van der Waals surface area contributed by atoms with E-state index >= 15 is 0 Å². The summed E-state index contributed by atoms with van der Waals surface area (Å²) in [5.74, 6) is -0.962. The number of anilines is 1. The summed E-state index contributed by atoms with van der Waals surface area (Å²) in [4.78, 5) is 23.3. The Kier molecular flexibility index (Phi) is 4.70. The van der Waals surface area contributed by atoms with Crippen LogP contribution < -0.4 is 11.1 Å². The van der Waals surface area contributed by atoms with Crippen LogP contribution in [0.2, 0.25) is 0 Å². The van der Waals surface area contributed by atoms with Crippen molar-refractivity contribution in [1.82, 2.24) is 15.1 Å². The SMILES string of the molecule is CCC(NC(=O)c1nn(CC)cc1N)C(=O)OC. The van der Waals surface area contributed by atoms with Gasteiger partial charge in [0.2, 0.25) is 0 Å². The topological polar surface area (TPSA) is 99.2 Å². The van der Waals surface area contributed by atoms with E-state index in [9.17, 15) is 9.59 Å². The maximum atomic E-state index is 11.9. The van der Waals surface area contributed by atoms with Crippen molar-refractivity contribution in [1.29, 1.82) is 0 Å². The van der Waals surface area contributed by atoms with Gasteiger partial charge in [0.25, 0.3) is 5.91 Å². The second-order valence-electron chi connectivity index (χ2n) is 3.75. The molecule has 7 nitrogen and oxygen atoms in total. The Labute approximate surface area is 105 Å². The molecule has 0 fully saturated rings. The fourth-order valence-corrected chi connectivity index (χ4v) is 1.47. The number of carbonyl (C=O) groups is 2. The van der Waals surface area contributed by atoms with E-state index < -0.39 is 17.9 Å². The molecule has 1 amide bonds. The number of hydrogen-bond donors (Lipinski definition) is 2. The van der Waals surface area contributed by atoms with Crippen LogP contribution in [-0.2, 0) is 16.1 Å². The van der Waals surface area contributed by atoms with Crippen LogP contribution in [0.15, 0.2) is 6.20 Å². The molecule has 0 aliphatic rings. The molecule has 1 atom stereocenters. The van der Waals surface area contributed by atoms with E-state index in [0.29, 0.717) is 13.0 Å². The van der Waals surface area contributed by atoms with Gasteiger partial charge in [0, 0.05) is 12.7 Å². The van der Waals surface area contributed by atoms with E-state index in [1.165, 1.54) is 7.11 Å². The lowest BCUT2D eigenvalue weighted by atomic mass is 10.2. The third-order valence-electron chi connectivity index (χ3n) is 2.53. The number of nitrogen functional groups attached to an aromatic ring is 1. The van der Waals surface area contributed by atoms with Gasteiger partial charge < -0.3 is 15.8 Å². The smallest absolute Gasteiger partial charge is 0.328 e. The van der Waals surface area contributed by atoms with Gasteiger partial charge in [-0.3, -0.25) is 9.48 Å². The molecule has 0 bridgehead atoms. The largest absolute Gasteiger partial charge is 0.467 e. The molecule has 1 unspecified atom stereocenters. The number of carbonyl (C=O) groups excluding carboxylic acids is 2. The Morgan fingerprint density at radius 3 is 2.67 bits per heavy atom. The highest BCUT2D eigenvalue weighted by Gasteiger charge is 2.22. The first-order valence-electron chi connectivity index (χ1n) is 5.75. The third-order valence-corrected chi connectivity index (χ3v) is 2.53. The molecule has 1 heterocycles. The van der Waals surface area contributed by atoms with Gasteiger partial charge in [0.05, 0.1) is 12.8 Å². The number of ether oxygens (including phenoxy) is 1. The molecule has 100 valence electrons. The van der Waals surface area contributed by atoms with Crippen molar-refractivity contribution < 1.29 is 14.3 Å². The van der Waals surface area contributed by atoms with Gasteiger partial charge in [-0.05, 0) is 13.3 Å². The second kappa shape index (κ2) is 6.04. The van der Waals surface area contributed by atoms with Gasteiger partial charge in [-0.25, -0.2) is 4.79 Å². The van der Waals surface area contributed by atoms with Crippen LogP contribution in [0.3, 0.4) is 0 Å². The minimum absolute atomic E-state index is 0.124. The molecule has 3 N–H and O–H groups in total. The first-order chi connectivity index (χ1) is 8.53. The lowest BCUT2D eigenvalue weighted by molar-refractivity contribution is -0.142. The fourth-order valence-electron chi connectivity index (χ4n) is 1.47. The zero-order chi connectivity index (χ0) is 13.7. The molecule has 0 aliphatic carbocycles. The van der Waals surface area contributed by atoms with E-state index in [0.717, 1.165) is 0 Å². The molecule has 0 aliphatic heterocycles. The molecule has 0 radical (unpaired) electrons. The number of nitrogens with one attached hydrogen (secondary N) is 1. The van der Waals surface area contributed by atoms with Crippen molar-refractivity contribution in [3.63, 3.8) is 0 Å². The van der Waals surface area contributed by atoms with Crippen molar-refractivity contribution in [2.24, 2.45) is 0 Å². The number of nitrogens with two attached hydrogens (primary N) is 1. The summed E-state index contributed by atoms with van der Waals surface area (Å²) >= 11 is 0. The highest BCUT2D eigenvalue weighted by atomic mass is 16.5. The summed E-state index contributed by atoms with van der Waals surface area (Å²) in [5.41, 5.74) is 6.09. The van der Waals surface area contributed by atoms with Crippen LogP contribution in [-0.4, -0.2) is 34.8 Å². The monoisotopic (exact) mass is 254 g/mol. The Morgan fingerprint density at radius 1 is 1.56 bits per heavy atom. The number of rotatable bonds is 5. The fraction of sp³-hybridized carbons (Fsp3) is 0.545. The summed E-state index contributed by atoms with van der Waals surface area (Å²) in [6, 6.07) is -0.686. The average molecular weight is 254 g/mol. The summed E-state index contributed by atoms with van der Waals surface area (Å²) < 4.78 is 6.14. The van der Waals surface area contributed by atoms with Gasteiger partial charge >= 0.3 is 5.97 Å². The number of hydrogen-bond acceptors (Lipinski definition) is 5. The maximum absolute atomic E-state index is 11.9. The Bertz CT molecular complexity index is 441. The predicted molar refractivity (Wildman–Crippen MR) is 65.9 cm³/mol. The Morgan fingerprint density at radius 2 is 2.22 bits per heavy atom. The molecule has 0 spiro atoms. The predicted octanol–water partition coefficient (Wildman–Crippen LogP) is 0.167. The zero-order valence-corrected chi connectivity index (χ0v) is 10.8. The molecule has 0 saturated carbocycles. The van der Waals surface area contributed by atoms with Crippen LogP contribution in [0.25, 0.3) is 0 Å². The van der Waals surface area contributed by atoms with Crippen LogP contribution >= 0.6 is 0 Å². The number of aryl methyl sites for hydroxylation is 1. The summed E-state index contributed by atoms with van der Waals surface area (Å²) in [7, 11) is 1.28. The van der Waals surface area contributed by atoms with Crippen LogP contribution in [0, 0.1) is 0 Å². The number of methoxy groups -OCH3 is 1. The molecule has 1 aromatic heterocycles. The van der Waals surface area contributed by atoms with Crippen molar-refractivity contribution in [3.05, 3.63) is 11.9 Å². The highest BCUT2D eigenvalue weighted by molar-refractivity contribution is 5.99. The highest BCUT2D eigenvalue weighted by Crippen LogP contribution is 2.09. The molecule has 1 rings (SSSR count). The minimum atomic E-state index is -0.686. The third kappa shape index (κ3) is 2.99. The molecule has 1 aromatic rings. The van der Waals surface area contributed by atoms with E-state index in [2.05, 4.69) is 15.2 Å². The molecule has 0 aromatic carbocycles.